The maximum atomic E-state index is 11.9. The zero-order valence-electron chi connectivity index (χ0n) is 11.4. The number of amides is 2. The second-order valence-corrected chi connectivity index (χ2v) is 5.52. The highest BCUT2D eigenvalue weighted by atomic mass is 32.1. The van der Waals surface area contributed by atoms with Gasteiger partial charge in [0.25, 0.3) is 0 Å². The smallest absolute Gasteiger partial charge is 0.305 e. The summed E-state index contributed by atoms with van der Waals surface area (Å²) in [6.07, 6.45) is -0.0421. The fourth-order valence-corrected chi connectivity index (χ4v) is 2.57. The molecule has 0 aromatic carbocycles. The average Bonchev–Trinajstić information content (AvgIpc) is 2.78. The van der Waals surface area contributed by atoms with Crippen LogP contribution in [0, 0.1) is 0 Å². The van der Waals surface area contributed by atoms with Crippen LogP contribution in [0.1, 0.15) is 37.6 Å². The molecule has 2 unspecified atom stereocenters. The van der Waals surface area contributed by atoms with E-state index in [1.54, 1.807) is 6.92 Å². The Labute approximate surface area is 121 Å². The Hall–Kier alpha value is -1.89. The Bertz CT molecular complexity index is 473. The summed E-state index contributed by atoms with van der Waals surface area (Å²) < 4.78 is 0. The highest BCUT2D eigenvalue weighted by molar-refractivity contribution is 7.10. The third-order valence-corrected chi connectivity index (χ3v) is 3.53. The molecule has 20 heavy (non-hydrogen) atoms. The van der Waals surface area contributed by atoms with Crippen LogP contribution in [0.15, 0.2) is 17.5 Å². The van der Waals surface area contributed by atoms with Crippen LogP contribution < -0.4 is 10.6 Å². The van der Waals surface area contributed by atoms with Crippen LogP contribution in [0.2, 0.25) is 0 Å². The summed E-state index contributed by atoms with van der Waals surface area (Å²) in [5.41, 5.74) is 0. The van der Waals surface area contributed by atoms with Crippen molar-refractivity contribution in [3.8, 4) is 0 Å². The highest BCUT2D eigenvalue weighted by Gasteiger charge is 2.19. The van der Waals surface area contributed by atoms with Gasteiger partial charge in [0, 0.05) is 17.8 Å². The number of hydrogen-bond acceptors (Lipinski definition) is 4. The van der Waals surface area contributed by atoms with E-state index in [-0.39, 0.29) is 30.7 Å². The largest absolute Gasteiger partial charge is 0.481 e. The van der Waals surface area contributed by atoms with Gasteiger partial charge in [0.1, 0.15) is 0 Å². The monoisotopic (exact) mass is 298 g/mol. The standard InChI is InChI=1S/C13H18N2O4S/c1-8(6-13(18)19)14-12(17)7-10(15-9(2)16)11-4-3-5-20-11/h3-5,8,10H,6-7H2,1-2H3,(H,14,17)(H,15,16)(H,18,19). The molecule has 1 heterocycles. The second kappa shape index (κ2) is 7.64. The molecule has 0 saturated carbocycles. The Morgan fingerprint density at radius 3 is 2.50 bits per heavy atom. The number of carbonyl (C=O) groups excluding carboxylic acids is 2. The molecule has 0 aliphatic heterocycles. The van der Waals surface area contributed by atoms with Crippen LogP contribution in [0.25, 0.3) is 0 Å². The van der Waals surface area contributed by atoms with E-state index >= 15 is 0 Å². The van der Waals surface area contributed by atoms with E-state index in [1.165, 1.54) is 18.3 Å². The predicted octanol–water partition coefficient (Wildman–Crippen LogP) is 1.29. The number of hydrogen-bond donors (Lipinski definition) is 3. The molecule has 0 aliphatic carbocycles. The van der Waals surface area contributed by atoms with Crippen LogP contribution in [0.5, 0.6) is 0 Å². The molecule has 2 atom stereocenters. The van der Waals surface area contributed by atoms with E-state index in [2.05, 4.69) is 10.6 Å². The maximum Gasteiger partial charge on any atom is 0.305 e. The van der Waals surface area contributed by atoms with Crippen LogP contribution in [-0.4, -0.2) is 28.9 Å². The lowest BCUT2D eigenvalue weighted by Crippen LogP contribution is -2.37. The number of carboxylic acids is 1. The second-order valence-electron chi connectivity index (χ2n) is 4.54. The highest BCUT2D eigenvalue weighted by Crippen LogP contribution is 2.22. The van der Waals surface area contributed by atoms with Gasteiger partial charge < -0.3 is 15.7 Å². The number of carboxylic acid groups (broad SMARTS) is 1. The Morgan fingerprint density at radius 2 is 2.00 bits per heavy atom. The molecule has 0 fully saturated rings. The molecule has 6 nitrogen and oxygen atoms in total. The fourth-order valence-electron chi connectivity index (χ4n) is 1.79. The lowest BCUT2D eigenvalue weighted by Gasteiger charge is -2.18. The number of carbonyl (C=O) groups is 3. The number of nitrogens with one attached hydrogen (secondary N) is 2. The van der Waals surface area contributed by atoms with E-state index in [9.17, 15) is 14.4 Å². The first kappa shape index (κ1) is 16.2. The predicted molar refractivity (Wildman–Crippen MR) is 75.4 cm³/mol. The molecule has 2 amide bonds. The van der Waals surface area contributed by atoms with Gasteiger partial charge in [-0.3, -0.25) is 14.4 Å². The SMILES string of the molecule is CC(=O)NC(CC(=O)NC(C)CC(=O)O)c1cccs1. The number of aliphatic carboxylic acids is 1. The van der Waals surface area contributed by atoms with Crippen LogP contribution >= 0.6 is 11.3 Å². The third-order valence-electron chi connectivity index (χ3n) is 2.54. The molecule has 0 aliphatic rings. The fraction of sp³-hybridized carbons (Fsp3) is 0.462. The first-order valence-corrected chi connectivity index (χ1v) is 7.08. The first-order valence-electron chi connectivity index (χ1n) is 6.20. The summed E-state index contributed by atoms with van der Waals surface area (Å²) in [6, 6.07) is 2.87. The van der Waals surface area contributed by atoms with Crippen LogP contribution in [0.4, 0.5) is 0 Å². The summed E-state index contributed by atoms with van der Waals surface area (Å²) in [5.74, 6) is -1.46. The molecule has 3 N–H and O–H groups in total. The normalized spacial score (nSPS) is 13.3. The maximum absolute atomic E-state index is 11.9. The molecule has 0 spiro atoms. The quantitative estimate of drug-likeness (QED) is 0.707. The molecule has 0 bridgehead atoms. The van der Waals surface area contributed by atoms with E-state index in [4.69, 9.17) is 5.11 Å². The molecule has 1 aromatic rings. The summed E-state index contributed by atoms with van der Waals surface area (Å²) >= 11 is 1.46. The van der Waals surface area contributed by atoms with Crippen LogP contribution in [0.3, 0.4) is 0 Å². The van der Waals surface area contributed by atoms with Crippen molar-refractivity contribution in [1.29, 1.82) is 0 Å². The summed E-state index contributed by atoms with van der Waals surface area (Å²) in [6.45, 7) is 3.02. The first-order chi connectivity index (χ1) is 9.38. The minimum atomic E-state index is -0.963. The molecular weight excluding hydrogens is 280 g/mol. The van der Waals surface area contributed by atoms with E-state index in [1.807, 2.05) is 17.5 Å². The Balaban J connectivity index is 2.59. The van der Waals surface area contributed by atoms with Gasteiger partial charge in [-0.2, -0.15) is 0 Å². The number of thiophene rings is 1. The molecule has 0 saturated heterocycles. The van der Waals surface area contributed by atoms with E-state index in [0.717, 1.165) is 4.88 Å². The van der Waals surface area contributed by atoms with Gasteiger partial charge in [-0.1, -0.05) is 6.07 Å². The van der Waals surface area contributed by atoms with Crippen molar-refractivity contribution in [1.82, 2.24) is 10.6 Å². The summed E-state index contributed by atoms with van der Waals surface area (Å²) in [5, 5.41) is 15.8. The molecule has 0 radical (unpaired) electrons. The molecular formula is C13H18N2O4S. The van der Waals surface area contributed by atoms with Crippen molar-refractivity contribution in [3.63, 3.8) is 0 Å². The van der Waals surface area contributed by atoms with Crippen LogP contribution in [-0.2, 0) is 14.4 Å². The Kier molecular flexibility index (Phi) is 6.17. The molecule has 1 rings (SSSR count). The topological polar surface area (TPSA) is 95.5 Å². The zero-order valence-corrected chi connectivity index (χ0v) is 12.2. The Morgan fingerprint density at radius 1 is 1.30 bits per heavy atom. The average molecular weight is 298 g/mol. The van der Waals surface area contributed by atoms with Crippen molar-refractivity contribution < 1.29 is 19.5 Å². The van der Waals surface area contributed by atoms with Crippen molar-refractivity contribution in [2.45, 2.75) is 38.8 Å². The van der Waals surface area contributed by atoms with Crippen molar-refractivity contribution in [3.05, 3.63) is 22.4 Å². The van der Waals surface area contributed by atoms with Crippen molar-refractivity contribution >= 4 is 29.1 Å². The lowest BCUT2D eigenvalue weighted by molar-refractivity contribution is -0.137. The number of rotatable bonds is 7. The third kappa shape index (κ3) is 5.83. The summed E-state index contributed by atoms with van der Waals surface area (Å²) in [4.78, 5) is 34.5. The van der Waals surface area contributed by atoms with Gasteiger partial charge in [0.15, 0.2) is 0 Å². The van der Waals surface area contributed by atoms with Gasteiger partial charge >= 0.3 is 5.97 Å². The minimum absolute atomic E-state index is 0.0874. The van der Waals surface area contributed by atoms with Gasteiger partial charge in [-0.15, -0.1) is 11.3 Å². The minimum Gasteiger partial charge on any atom is -0.481 e. The van der Waals surface area contributed by atoms with Crippen molar-refractivity contribution in [2.24, 2.45) is 0 Å². The summed E-state index contributed by atoms with van der Waals surface area (Å²) in [7, 11) is 0. The molecule has 110 valence electrons. The zero-order chi connectivity index (χ0) is 15.1. The van der Waals surface area contributed by atoms with E-state index < -0.39 is 12.0 Å². The van der Waals surface area contributed by atoms with Gasteiger partial charge in [0.2, 0.25) is 11.8 Å². The van der Waals surface area contributed by atoms with Crippen molar-refractivity contribution in [2.75, 3.05) is 0 Å². The molecule has 1 aromatic heterocycles. The lowest BCUT2D eigenvalue weighted by atomic mass is 10.1. The van der Waals surface area contributed by atoms with Gasteiger partial charge in [-0.05, 0) is 18.4 Å². The molecule has 7 heteroatoms. The van der Waals surface area contributed by atoms with E-state index in [0.29, 0.717) is 0 Å². The van der Waals surface area contributed by atoms with Gasteiger partial charge in [0.05, 0.1) is 18.9 Å². The van der Waals surface area contributed by atoms with Gasteiger partial charge in [-0.25, -0.2) is 0 Å².